The Morgan fingerprint density at radius 3 is 2.65 bits per heavy atom. The van der Waals surface area contributed by atoms with Crippen LogP contribution in [0.5, 0.6) is 11.5 Å². The third kappa shape index (κ3) is 4.25. The molecule has 1 aliphatic heterocycles. The molecule has 1 atom stereocenters. The molecule has 11 heteroatoms. The monoisotopic (exact) mass is 550 g/mol. The maximum absolute atomic E-state index is 13.9. The fourth-order valence-electron chi connectivity index (χ4n) is 3.86. The number of ether oxygens (including phenoxy) is 3. The van der Waals surface area contributed by atoms with Crippen molar-refractivity contribution in [2.24, 2.45) is 0 Å². The molecular weight excluding hydrogens is 528 g/mol. The first-order chi connectivity index (χ1) is 16.2. The molecule has 180 valence electrons. The molecule has 34 heavy (non-hydrogen) atoms. The van der Waals surface area contributed by atoms with E-state index in [-0.39, 0.29) is 35.2 Å². The van der Waals surface area contributed by atoms with Gasteiger partial charge in [0.25, 0.3) is 10.0 Å². The van der Waals surface area contributed by atoms with Crippen LogP contribution in [0.4, 0.5) is 5.69 Å². The normalized spacial score (nSPS) is 15.4. The molecule has 3 aromatic rings. The first-order valence-corrected chi connectivity index (χ1v) is 12.7. The summed E-state index contributed by atoms with van der Waals surface area (Å²) in [4.78, 5) is 12.5. The number of anilines is 1. The number of rotatable bonds is 6. The Labute approximate surface area is 205 Å². The van der Waals surface area contributed by atoms with E-state index in [1.54, 1.807) is 51.1 Å². The Hall–Kier alpha value is -3.05. The highest BCUT2D eigenvalue weighted by molar-refractivity contribution is 9.10. The number of hydrogen-bond acceptors (Lipinski definition) is 8. The molecular formula is C23H23BrN2O7S. The SMILES string of the molecule is CCOC(=O)C1CN(S(=O)(=O)c2cc(Br)ccc2OC)c2cc(-c3c(C)noc3C)ccc2O1. The highest BCUT2D eigenvalue weighted by Gasteiger charge is 2.40. The quantitative estimate of drug-likeness (QED) is 0.419. The summed E-state index contributed by atoms with van der Waals surface area (Å²) in [6.07, 6.45) is -1.13. The lowest BCUT2D eigenvalue weighted by atomic mass is 10.0. The zero-order valence-corrected chi connectivity index (χ0v) is 21.4. The number of carbonyl (C=O) groups is 1. The van der Waals surface area contributed by atoms with Crippen LogP contribution in [-0.2, 0) is 19.6 Å². The molecule has 1 aromatic heterocycles. The molecule has 0 radical (unpaired) electrons. The van der Waals surface area contributed by atoms with Crippen LogP contribution in [0.1, 0.15) is 18.4 Å². The van der Waals surface area contributed by atoms with E-state index < -0.39 is 22.1 Å². The number of halogens is 1. The van der Waals surface area contributed by atoms with Crippen molar-refractivity contribution in [1.29, 1.82) is 0 Å². The first-order valence-electron chi connectivity index (χ1n) is 10.4. The summed E-state index contributed by atoms with van der Waals surface area (Å²) < 4.78 is 51.1. The average Bonchev–Trinajstić information content (AvgIpc) is 3.15. The molecule has 2 aromatic carbocycles. The molecule has 0 saturated heterocycles. The second-order valence-corrected chi connectivity index (χ2v) is 10.3. The second kappa shape index (κ2) is 9.30. The molecule has 0 aliphatic carbocycles. The van der Waals surface area contributed by atoms with E-state index in [2.05, 4.69) is 21.1 Å². The first kappa shape index (κ1) is 24.1. The van der Waals surface area contributed by atoms with E-state index >= 15 is 0 Å². The zero-order chi connectivity index (χ0) is 24.6. The lowest BCUT2D eigenvalue weighted by Crippen LogP contribution is -2.47. The number of methoxy groups -OCH3 is 1. The van der Waals surface area contributed by atoms with Gasteiger partial charge in [-0.2, -0.15) is 0 Å². The number of aryl methyl sites for hydroxylation is 2. The lowest BCUT2D eigenvalue weighted by Gasteiger charge is -2.35. The molecule has 0 bridgehead atoms. The van der Waals surface area contributed by atoms with Crippen LogP contribution in [-0.4, -0.2) is 45.9 Å². The van der Waals surface area contributed by atoms with Gasteiger partial charge in [-0.15, -0.1) is 0 Å². The second-order valence-electron chi connectivity index (χ2n) is 7.57. The van der Waals surface area contributed by atoms with Crippen LogP contribution in [0.25, 0.3) is 11.1 Å². The minimum atomic E-state index is -4.18. The van der Waals surface area contributed by atoms with Gasteiger partial charge >= 0.3 is 5.97 Å². The number of hydrogen-bond donors (Lipinski definition) is 0. The molecule has 9 nitrogen and oxygen atoms in total. The van der Waals surface area contributed by atoms with E-state index in [0.717, 1.165) is 9.87 Å². The predicted molar refractivity (Wildman–Crippen MR) is 128 cm³/mol. The summed E-state index contributed by atoms with van der Waals surface area (Å²) in [5.41, 5.74) is 2.41. The Balaban J connectivity index is 1.90. The van der Waals surface area contributed by atoms with Crippen molar-refractivity contribution in [2.45, 2.75) is 31.8 Å². The summed E-state index contributed by atoms with van der Waals surface area (Å²) in [5, 5.41) is 3.99. The molecule has 0 fully saturated rings. The Morgan fingerprint density at radius 2 is 2.00 bits per heavy atom. The van der Waals surface area contributed by atoms with E-state index in [0.29, 0.717) is 21.5 Å². The standard InChI is InChI=1S/C23H23BrN2O7S/c1-5-31-23(27)20-12-26(34(28,29)21-11-16(24)7-9-19(21)30-4)17-10-15(6-8-18(17)32-20)22-13(2)25-33-14(22)3/h6-11,20H,5,12H2,1-4H3. The maximum Gasteiger partial charge on any atom is 0.349 e. The van der Waals surface area contributed by atoms with Crippen molar-refractivity contribution in [3.05, 3.63) is 52.3 Å². The van der Waals surface area contributed by atoms with Crippen LogP contribution in [0.15, 0.2) is 50.3 Å². The van der Waals surface area contributed by atoms with Gasteiger partial charge in [0.1, 0.15) is 22.2 Å². The number of nitrogens with zero attached hydrogens (tertiary/aromatic N) is 2. The van der Waals surface area contributed by atoms with Crippen molar-refractivity contribution in [1.82, 2.24) is 5.16 Å². The maximum atomic E-state index is 13.9. The van der Waals surface area contributed by atoms with Gasteiger partial charge in [0, 0.05) is 10.0 Å². The summed E-state index contributed by atoms with van der Waals surface area (Å²) in [5.74, 6) is 0.356. The minimum Gasteiger partial charge on any atom is -0.495 e. The van der Waals surface area contributed by atoms with Gasteiger partial charge in [-0.3, -0.25) is 4.31 Å². The summed E-state index contributed by atoms with van der Waals surface area (Å²) in [6, 6.07) is 9.78. The Bertz CT molecular complexity index is 1330. The largest absolute Gasteiger partial charge is 0.495 e. The highest BCUT2D eigenvalue weighted by Crippen LogP contribution is 2.42. The molecule has 0 N–H and O–H groups in total. The number of fused-ring (bicyclic) bond motifs is 1. The lowest BCUT2D eigenvalue weighted by molar-refractivity contribution is -0.151. The molecule has 1 aliphatic rings. The van der Waals surface area contributed by atoms with E-state index in [1.165, 1.54) is 13.2 Å². The fourth-order valence-corrected chi connectivity index (χ4v) is 6.02. The van der Waals surface area contributed by atoms with E-state index in [1.807, 2.05) is 0 Å². The van der Waals surface area contributed by atoms with E-state index in [9.17, 15) is 13.2 Å². The van der Waals surface area contributed by atoms with Crippen molar-refractivity contribution >= 4 is 37.6 Å². The Kier molecular flexibility index (Phi) is 6.59. The van der Waals surface area contributed by atoms with Crippen LogP contribution in [0.2, 0.25) is 0 Å². The van der Waals surface area contributed by atoms with Crippen molar-refractivity contribution in [2.75, 3.05) is 24.6 Å². The van der Waals surface area contributed by atoms with Crippen LogP contribution >= 0.6 is 15.9 Å². The predicted octanol–water partition coefficient (Wildman–Crippen LogP) is 4.25. The number of carbonyl (C=O) groups excluding carboxylic acids is 1. The van der Waals surface area contributed by atoms with Gasteiger partial charge in [-0.1, -0.05) is 27.2 Å². The van der Waals surface area contributed by atoms with E-state index in [4.69, 9.17) is 18.7 Å². The third-order valence-corrected chi connectivity index (χ3v) is 7.69. The molecule has 2 heterocycles. The number of aromatic nitrogens is 1. The molecule has 0 spiro atoms. The van der Waals surface area contributed by atoms with Gasteiger partial charge in [0.2, 0.25) is 6.10 Å². The number of sulfonamides is 1. The van der Waals surface area contributed by atoms with Crippen molar-refractivity contribution in [3.8, 4) is 22.6 Å². The number of benzene rings is 2. The topological polar surface area (TPSA) is 108 Å². The van der Waals surface area contributed by atoms with Gasteiger partial charge in [0.15, 0.2) is 0 Å². The smallest absolute Gasteiger partial charge is 0.349 e. The Morgan fingerprint density at radius 1 is 1.24 bits per heavy atom. The van der Waals surface area contributed by atoms with Gasteiger partial charge in [0.05, 0.1) is 31.6 Å². The third-order valence-electron chi connectivity index (χ3n) is 5.39. The van der Waals surface area contributed by atoms with Crippen LogP contribution < -0.4 is 13.8 Å². The van der Waals surface area contributed by atoms with Crippen LogP contribution in [0, 0.1) is 13.8 Å². The van der Waals surface area contributed by atoms with Gasteiger partial charge in [-0.05, 0) is 56.7 Å². The molecule has 0 saturated carbocycles. The summed E-state index contributed by atoms with van der Waals surface area (Å²) in [6.45, 7) is 5.13. The summed E-state index contributed by atoms with van der Waals surface area (Å²) in [7, 11) is -2.78. The fraction of sp³-hybridized carbons (Fsp3) is 0.304. The highest BCUT2D eigenvalue weighted by atomic mass is 79.9. The van der Waals surface area contributed by atoms with Gasteiger partial charge in [-0.25, -0.2) is 13.2 Å². The molecule has 1 unspecified atom stereocenters. The van der Waals surface area contributed by atoms with Gasteiger partial charge < -0.3 is 18.7 Å². The van der Waals surface area contributed by atoms with Crippen molar-refractivity contribution < 1.29 is 31.9 Å². The summed E-state index contributed by atoms with van der Waals surface area (Å²) >= 11 is 3.33. The van der Waals surface area contributed by atoms with Crippen molar-refractivity contribution in [3.63, 3.8) is 0 Å². The minimum absolute atomic E-state index is 0.0532. The molecule has 0 amide bonds. The average molecular weight is 551 g/mol. The zero-order valence-electron chi connectivity index (χ0n) is 19.0. The van der Waals surface area contributed by atoms with Crippen LogP contribution in [0.3, 0.4) is 0 Å². The molecule has 4 rings (SSSR count). The number of esters is 1.